The van der Waals surface area contributed by atoms with Gasteiger partial charge < -0.3 is 0 Å². The number of ether oxygens (including phenoxy) is 1. The number of carboxylic acids is 1. The van der Waals surface area contributed by atoms with Gasteiger partial charge in [-0.15, -0.1) is 0 Å². The third-order valence-electron chi connectivity index (χ3n) is 4.72. The zero-order valence-electron chi connectivity index (χ0n) is 14.9. The molecule has 1 saturated heterocycles. The molecule has 9 nitrogen and oxygen atoms in total. The van der Waals surface area contributed by atoms with Gasteiger partial charge in [0.15, 0.2) is 0 Å². The maximum absolute atomic E-state index is 13.2. The Balaban J connectivity index is 1.86. The zero-order chi connectivity index (χ0) is 21.8. The molecule has 156 valence electrons. The van der Waals surface area contributed by atoms with Crippen LogP contribution in [0.4, 0.5) is 18.0 Å². The molecule has 0 aliphatic carbocycles. The van der Waals surface area contributed by atoms with Crippen molar-refractivity contribution in [3.05, 3.63) is 30.1 Å². The van der Waals surface area contributed by atoms with E-state index in [1.54, 1.807) is 0 Å². The Morgan fingerprint density at radius 3 is 2.70 bits per heavy atom. The average Bonchev–Trinajstić information content (AvgIpc) is 3.20. The Hall–Kier alpha value is -3.14. The number of carboxylic acid groups (broad SMARTS) is 1. The summed E-state index contributed by atoms with van der Waals surface area (Å²) in [6, 6.07) is 1.56. The first-order chi connectivity index (χ1) is 14.1. The number of rotatable bonds is 3. The predicted octanol–water partition coefficient (Wildman–Crippen LogP) is 0.294. The van der Waals surface area contributed by atoms with Crippen LogP contribution < -0.4 is 4.48 Å². The third kappa shape index (κ3) is 3.17. The van der Waals surface area contributed by atoms with Gasteiger partial charge in [0.05, 0.1) is 0 Å². The van der Waals surface area contributed by atoms with Crippen molar-refractivity contribution >= 4 is 61.2 Å². The molecular formula is C17H12AsF3N4O5. The Kier molecular flexibility index (Phi) is 4.68. The average molecular weight is 484 g/mol. The Morgan fingerprint density at radius 2 is 2.03 bits per heavy atom. The number of carbonyl (C=O) groups is 3. The quantitative estimate of drug-likeness (QED) is 0.532. The molecule has 2 amide bonds. The van der Waals surface area contributed by atoms with Crippen molar-refractivity contribution in [2.24, 2.45) is 0 Å². The SMILES string of the molecule is O=C(O)C1COC(=O)N1C(=O)Cn1c2ccc(C(F)(F)F)cc2c2c([AsH2])ncnc21. The molecule has 13 heteroatoms. The first kappa shape index (κ1) is 20.1. The maximum atomic E-state index is 13.2. The van der Waals surface area contributed by atoms with Crippen molar-refractivity contribution in [2.75, 3.05) is 6.61 Å². The van der Waals surface area contributed by atoms with E-state index in [0.29, 0.717) is 14.8 Å². The summed E-state index contributed by atoms with van der Waals surface area (Å²) < 4.78 is 46.0. The van der Waals surface area contributed by atoms with E-state index in [1.165, 1.54) is 17.0 Å². The second kappa shape index (κ2) is 6.98. The number of carbonyl (C=O) groups excluding carboxylic acids is 2. The van der Waals surface area contributed by atoms with Gasteiger partial charge in [-0.1, -0.05) is 0 Å². The second-order valence-corrected chi connectivity index (χ2v) is 7.62. The van der Waals surface area contributed by atoms with Crippen LogP contribution in [-0.4, -0.2) is 72.0 Å². The fourth-order valence-corrected chi connectivity index (χ4v) is 4.10. The molecule has 1 fully saturated rings. The number of aliphatic carboxylic acids is 1. The third-order valence-corrected chi connectivity index (χ3v) is 5.63. The van der Waals surface area contributed by atoms with E-state index in [-0.39, 0.29) is 16.6 Å². The number of hydrogen-bond acceptors (Lipinski definition) is 6. The van der Waals surface area contributed by atoms with Crippen molar-refractivity contribution in [2.45, 2.75) is 18.8 Å². The number of cyclic esters (lactones) is 1. The number of alkyl halides is 3. The molecule has 0 saturated carbocycles. The topological polar surface area (TPSA) is 115 Å². The van der Waals surface area contributed by atoms with Gasteiger partial charge in [0, 0.05) is 0 Å². The number of hydrogen-bond donors (Lipinski definition) is 1. The summed E-state index contributed by atoms with van der Waals surface area (Å²) in [7, 11) is 0. The molecule has 1 aliphatic heterocycles. The summed E-state index contributed by atoms with van der Waals surface area (Å²) in [4.78, 5) is 44.6. The fourth-order valence-electron chi connectivity index (χ4n) is 3.36. The number of aromatic nitrogens is 3. The minimum absolute atomic E-state index is 0.200. The normalized spacial score (nSPS) is 17.0. The van der Waals surface area contributed by atoms with Crippen molar-refractivity contribution in [1.82, 2.24) is 19.4 Å². The molecule has 2 aromatic heterocycles. The monoisotopic (exact) mass is 484 g/mol. The molecule has 3 heterocycles. The summed E-state index contributed by atoms with van der Waals surface area (Å²) in [5.74, 6) is -2.29. The number of imide groups is 1. The molecular weight excluding hydrogens is 472 g/mol. The van der Waals surface area contributed by atoms with E-state index in [4.69, 9.17) is 0 Å². The van der Waals surface area contributed by atoms with Gasteiger partial charge in [0.1, 0.15) is 0 Å². The molecule has 1 aliphatic rings. The van der Waals surface area contributed by atoms with Gasteiger partial charge in [0.25, 0.3) is 0 Å². The zero-order valence-corrected chi connectivity index (χ0v) is 17.3. The molecule has 1 aromatic carbocycles. The van der Waals surface area contributed by atoms with Gasteiger partial charge in [-0.25, -0.2) is 0 Å². The molecule has 3 aromatic rings. The van der Waals surface area contributed by atoms with Gasteiger partial charge in [-0.05, 0) is 0 Å². The molecule has 1 N–H and O–H groups in total. The Labute approximate surface area is 173 Å². The Morgan fingerprint density at radius 1 is 1.30 bits per heavy atom. The summed E-state index contributed by atoms with van der Waals surface area (Å²) in [5.41, 5.74) is -0.401. The number of halogens is 3. The standard InChI is InChI=1S/C17H12AsF3N4O5/c18-13-12-8-3-7(17(19,20)21)1-2-9(8)24(14(12)23-6-22-13)4-11(26)25-10(15(27)28)5-30-16(25)29/h1-3,6,10H,4-5,18H2,(H,27,28). The number of amides is 2. The van der Waals surface area contributed by atoms with Crippen LogP contribution in [0.3, 0.4) is 0 Å². The number of fused-ring (bicyclic) bond motifs is 3. The van der Waals surface area contributed by atoms with Crippen molar-refractivity contribution in [3.8, 4) is 0 Å². The summed E-state index contributed by atoms with van der Waals surface area (Å²) in [6.45, 7) is -1.00. The predicted molar refractivity (Wildman–Crippen MR) is 97.8 cm³/mol. The molecule has 2 unspecified atom stereocenters. The summed E-state index contributed by atoms with van der Waals surface area (Å²) >= 11 is 1.06. The molecule has 0 spiro atoms. The van der Waals surface area contributed by atoms with Gasteiger partial charge in [-0.3, -0.25) is 0 Å². The molecule has 30 heavy (non-hydrogen) atoms. The van der Waals surface area contributed by atoms with Crippen LogP contribution in [0.5, 0.6) is 0 Å². The van der Waals surface area contributed by atoms with Crippen LogP contribution in [0.1, 0.15) is 5.56 Å². The minimum atomic E-state index is -4.57. The molecule has 4 rings (SSSR count). The molecule has 0 radical (unpaired) electrons. The van der Waals surface area contributed by atoms with E-state index in [9.17, 15) is 32.7 Å². The number of nitrogens with zero attached hydrogens (tertiary/aromatic N) is 4. The second-order valence-electron chi connectivity index (χ2n) is 6.47. The van der Waals surface area contributed by atoms with Crippen LogP contribution in [0.2, 0.25) is 0 Å². The van der Waals surface area contributed by atoms with E-state index in [2.05, 4.69) is 14.7 Å². The summed E-state index contributed by atoms with van der Waals surface area (Å²) in [6.07, 6.45) is -4.45. The van der Waals surface area contributed by atoms with Crippen LogP contribution in [0, 0.1) is 0 Å². The van der Waals surface area contributed by atoms with Gasteiger partial charge in [-0.2, -0.15) is 0 Å². The van der Waals surface area contributed by atoms with Crippen molar-refractivity contribution < 1.29 is 37.4 Å². The Bertz CT molecular complexity index is 1230. The van der Waals surface area contributed by atoms with E-state index < -0.39 is 48.9 Å². The number of benzene rings is 1. The molecule has 0 bridgehead atoms. The molecule has 2 atom stereocenters. The van der Waals surface area contributed by atoms with Gasteiger partial charge in [0.2, 0.25) is 0 Å². The van der Waals surface area contributed by atoms with Crippen LogP contribution in [-0.2, 0) is 27.0 Å². The van der Waals surface area contributed by atoms with Crippen molar-refractivity contribution in [1.29, 1.82) is 0 Å². The summed E-state index contributed by atoms with van der Waals surface area (Å²) in [5, 5.41) is 9.76. The first-order valence-electron chi connectivity index (χ1n) is 8.41. The van der Waals surface area contributed by atoms with Crippen LogP contribution >= 0.6 is 0 Å². The fraction of sp³-hybridized carbons (Fsp3) is 0.235. The van der Waals surface area contributed by atoms with E-state index in [0.717, 1.165) is 29.0 Å². The van der Waals surface area contributed by atoms with Crippen LogP contribution in [0.15, 0.2) is 24.5 Å². The van der Waals surface area contributed by atoms with Crippen molar-refractivity contribution in [3.63, 3.8) is 0 Å². The van der Waals surface area contributed by atoms with Crippen LogP contribution in [0.25, 0.3) is 21.9 Å². The first-order valence-corrected chi connectivity index (χ1v) is 9.62. The van der Waals surface area contributed by atoms with Gasteiger partial charge >= 0.3 is 174 Å². The van der Waals surface area contributed by atoms with E-state index >= 15 is 0 Å². The van der Waals surface area contributed by atoms with E-state index in [1.807, 2.05) is 0 Å².